The summed E-state index contributed by atoms with van der Waals surface area (Å²) >= 11 is 19.0. The summed E-state index contributed by atoms with van der Waals surface area (Å²) in [4.78, 5) is 7.21. The van der Waals surface area contributed by atoms with Crippen molar-refractivity contribution in [2.45, 2.75) is 26.7 Å². The van der Waals surface area contributed by atoms with Gasteiger partial charge < -0.3 is 4.90 Å². The van der Waals surface area contributed by atoms with Gasteiger partial charge in [-0.15, -0.1) is 0 Å². The number of fused-ring (bicyclic) bond motifs is 1. The first kappa shape index (κ1) is 18.9. The SMILES string of the molecule is [CH]C1CCN(c2cc(C)nc3c2c(C)cn3-c2c(Cl)cc(Cl)cc2Cl)CC1. The highest BCUT2D eigenvalue weighted by Crippen LogP contribution is 2.38. The molecule has 1 aliphatic heterocycles. The van der Waals surface area contributed by atoms with Gasteiger partial charge in [0.1, 0.15) is 5.65 Å². The molecule has 3 heterocycles. The van der Waals surface area contributed by atoms with E-state index in [-0.39, 0.29) is 5.92 Å². The second-order valence-corrected chi connectivity index (χ2v) is 8.46. The summed E-state index contributed by atoms with van der Waals surface area (Å²) in [5.41, 5.74) is 4.83. The molecular formula is C21H20Cl3N3. The minimum Gasteiger partial charge on any atom is -0.371 e. The Morgan fingerprint density at radius 1 is 1.04 bits per heavy atom. The molecule has 140 valence electrons. The van der Waals surface area contributed by atoms with E-state index >= 15 is 0 Å². The molecule has 0 aliphatic carbocycles. The van der Waals surface area contributed by atoms with Crippen molar-refractivity contribution in [3.8, 4) is 5.69 Å². The minimum absolute atomic E-state index is 0.289. The number of benzene rings is 1. The largest absolute Gasteiger partial charge is 0.371 e. The van der Waals surface area contributed by atoms with E-state index in [0.29, 0.717) is 20.8 Å². The van der Waals surface area contributed by atoms with Crippen LogP contribution in [0.2, 0.25) is 15.1 Å². The van der Waals surface area contributed by atoms with Gasteiger partial charge in [0.05, 0.1) is 15.7 Å². The summed E-state index contributed by atoms with van der Waals surface area (Å²) in [6.45, 7) is 12.1. The molecule has 0 unspecified atom stereocenters. The van der Waals surface area contributed by atoms with Gasteiger partial charge in [-0.05, 0) is 63.3 Å². The normalized spacial score (nSPS) is 15.7. The standard InChI is InChI=1S/C21H20Cl3N3/c1-12-4-6-26(7-5-12)18-8-14(3)25-21-19(18)13(2)11-27(21)20-16(23)9-15(22)10-17(20)24/h1,8-12H,4-7H2,2-3H3. The van der Waals surface area contributed by atoms with Crippen molar-refractivity contribution in [2.24, 2.45) is 5.92 Å². The number of hydrogen-bond acceptors (Lipinski definition) is 2. The van der Waals surface area contributed by atoms with Crippen LogP contribution in [0.15, 0.2) is 24.4 Å². The monoisotopic (exact) mass is 419 g/mol. The molecule has 3 nitrogen and oxygen atoms in total. The smallest absolute Gasteiger partial charge is 0.147 e. The lowest BCUT2D eigenvalue weighted by Crippen LogP contribution is -2.33. The van der Waals surface area contributed by atoms with Crippen molar-refractivity contribution in [3.05, 3.63) is 57.6 Å². The Hall–Kier alpha value is -1.42. The van der Waals surface area contributed by atoms with Crippen LogP contribution in [0, 0.1) is 26.7 Å². The number of pyridine rings is 1. The van der Waals surface area contributed by atoms with Crippen molar-refractivity contribution in [3.63, 3.8) is 0 Å². The van der Waals surface area contributed by atoms with Gasteiger partial charge in [0.2, 0.25) is 0 Å². The molecule has 2 radical (unpaired) electrons. The van der Waals surface area contributed by atoms with Crippen molar-refractivity contribution in [2.75, 3.05) is 18.0 Å². The highest BCUT2D eigenvalue weighted by Gasteiger charge is 2.23. The lowest BCUT2D eigenvalue weighted by Gasteiger charge is -2.32. The van der Waals surface area contributed by atoms with Gasteiger partial charge in [-0.2, -0.15) is 0 Å². The maximum atomic E-state index is 6.48. The number of nitrogens with zero attached hydrogens (tertiary/aromatic N) is 3. The Kier molecular flexibility index (Phi) is 5.04. The predicted octanol–water partition coefficient (Wildman–Crippen LogP) is 6.53. The van der Waals surface area contributed by atoms with Crippen LogP contribution in [-0.2, 0) is 0 Å². The Labute approximate surface area is 174 Å². The van der Waals surface area contributed by atoms with Crippen molar-refractivity contribution >= 4 is 51.5 Å². The zero-order chi connectivity index (χ0) is 19.3. The fourth-order valence-corrected chi connectivity index (χ4v) is 4.84. The molecule has 0 N–H and O–H groups in total. The summed E-state index contributed by atoms with van der Waals surface area (Å²) in [6, 6.07) is 5.56. The Balaban J connectivity index is 1.93. The fourth-order valence-electron chi connectivity index (χ4n) is 3.84. The minimum atomic E-state index is 0.289. The third-order valence-electron chi connectivity index (χ3n) is 5.16. The molecule has 1 aliphatic rings. The van der Waals surface area contributed by atoms with E-state index in [1.807, 2.05) is 17.7 Å². The first-order valence-corrected chi connectivity index (χ1v) is 10.1. The molecular weight excluding hydrogens is 401 g/mol. The highest BCUT2D eigenvalue weighted by atomic mass is 35.5. The first-order chi connectivity index (χ1) is 12.8. The molecule has 1 fully saturated rings. The second-order valence-electron chi connectivity index (χ2n) is 7.21. The van der Waals surface area contributed by atoms with E-state index in [1.165, 1.54) is 5.69 Å². The Morgan fingerprint density at radius 2 is 1.67 bits per heavy atom. The molecule has 3 aromatic rings. The van der Waals surface area contributed by atoms with E-state index in [9.17, 15) is 0 Å². The summed E-state index contributed by atoms with van der Waals surface area (Å²) < 4.78 is 1.97. The van der Waals surface area contributed by atoms with E-state index < -0.39 is 0 Å². The summed E-state index contributed by atoms with van der Waals surface area (Å²) in [6.07, 6.45) is 4.03. The lowest BCUT2D eigenvalue weighted by molar-refractivity contribution is 0.476. The van der Waals surface area contributed by atoms with Crippen LogP contribution < -0.4 is 4.90 Å². The number of aromatic nitrogens is 2. The van der Waals surface area contributed by atoms with Crippen molar-refractivity contribution in [1.82, 2.24) is 9.55 Å². The molecule has 0 amide bonds. The highest BCUT2D eigenvalue weighted by molar-refractivity contribution is 6.40. The molecule has 1 aromatic carbocycles. The van der Waals surface area contributed by atoms with Crippen LogP contribution in [0.5, 0.6) is 0 Å². The number of anilines is 1. The number of aryl methyl sites for hydroxylation is 2. The van der Waals surface area contributed by atoms with Crippen LogP contribution in [0.1, 0.15) is 24.1 Å². The second kappa shape index (κ2) is 7.20. The van der Waals surface area contributed by atoms with Crippen LogP contribution >= 0.6 is 34.8 Å². The van der Waals surface area contributed by atoms with Gasteiger partial charge in [-0.1, -0.05) is 34.8 Å². The maximum absolute atomic E-state index is 6.48. The molecule has 0 saturated carbocycles. The topological polar surface area (TPSA) is 21.1 Å². The predicted molar refractivity (Wildman–Crippen MR) is 115 cm³/mol. The molecule has 6 heteroatoms. The quantitative estimate of drug-likeness (QED) is 0.470. The molecule has 0 atom stereocenters. The summed E-state index contributed by atoms with van der Waals surface area (Å²) in [5, 5.41) is 2.63. The van der Waals surface area contributed by atoms with Crippen LogP contribution in [0.25, 0.3) is 16.7 Å². The van der Waals surface area contributed by atoms with Crippen LogP contribution in [0.3, 0.4) is 0 Å². The zero-order valence-corrected chi connectivity index (χ0v) is 17.5. The maximum Gasteiger partial charge on any atom is 0.147 e. The van der Waals surface area contributed by atoms with E-state index in [0.717, 1.165) is 48.2 Å². The summed E-state index contributed by atoms with van der Waals surface area (Å²) in [7, 11) is 0. The third-order valence-corrected chi connectivity index (χ3v) is 5.95. The summed E-state index contributed by atoms with van der Waals surface area (Å²) in [5.74, 6) is 0.289. The van der Waals surface area contributed by atoms with E-state index in [2.05, 4.69) is 17.9 Å². The molecule has 1 saturated heterocycles. The first-order valence-electron chi connectivity index (χ1n) is 9.00. The van der Waals surface area contributed by atoms with Gasteiger partial charge in [-0.3, -0.25) is 4.57 Å². The van der Waals surface area contributed by atoms with Crippen LogP contribution in [-0.4, -0.2) is 22.6 Å². The zero-order valence-electron chi connectivity index (χ0n) is 15.3. The van der Waals surface area contributed by atoms with E-state index in [4.69, 9.17) is 46.7 Å². The van der Waals surface area contributed by atoms with Crippen molar-refractivity contribution in [1.29, 1.82) is 0 Å². The van der Waals surface area contributed by atoms with Gasteiger partial charge >= 0.3 is 0 Å². The molecule has 0 bridgehead atoms. The average molecular weight is 421 g/mol. The van der Waals surface area contributed by atoms with Crippen LogP contribution in [0.4, 0.5) is 5.69 Å². The molecule has 27 heavy (non-hydrogen) atoms. The van der Waals surface area contributed by atoms with Crippen molar-refractivity contribution < 1.29 is 0 Å². The molecule has 4 rings (SSSR count). The molecule has 0 spiro atoms. The number of halogens is 3. The van der Waals surface area contributed by atoms with Gasteiger partial charge in [0, 0.05) is 41.1 Å². The number of hydrogen-bond donors (Lipinski definition) is 0. The van der Waals surface area contributed by atoms with Gasteiger partial charge in [0.15, 0.2) is 0 Å². The fraction of sp³-hybridized carbons (Fsp3) is 0.333. The average Bonchev–Trinajstić information content (AvgIpc) is 2.90. The Morgan fingerprint density at radius 3 is 2.30 bits per heavy atom. The number of piperidine rings is 1. The number of rotatable bonds is 2. The van der Waals surface area contributed by atoms with Gasteiger partial charge in [0.25, 0.3) is 0 Å². The third kappa shape index (κ3) is 3.41. The molecule has 2 aromatic heterocycles. The van der Waals surface area contributed by atoms with Gasteiger partial charge in [-0.25, -0.2) is 4.98 Å². The Bertz CT molecular complexity index is 994. The van der Waals surface area contributed by atoms with E-state index in [1.54, 1.807) is 12.1 Å². The lowest BCUT2D eigenvalue weighted by atomic mass is 9.98.